The van der Waals surface area contributed by atoms with Gasteiger partial charge >= 0.3 is 5.69 Å². The molecule has 1 saturated heterocycles. The van der Waals surface area contributed by atoms with Crippen LogP contribution < -0.4 is 16.1 Å². The maximum Gasteiger partial charge on any atom is 0.332 e. The van der Waals surface area contributed by atoms with Crippen LogP contribution in [-0.4, -0.2) is 55.9 Å². The number of hydrogen-bond donors (Lipinski definition) is 1. The lowest BCUT2D eigenvalue weighted by Gasteiger charge is -2.23. The number of hydrogen-bond acceptors (Lipinski definition) is 4. The second-order valence-electron chi connectivity index (χ2n) is 8.81. The van der Waals surface area contributed by atoms with E-state index < -0.39 is 0 Å². The zero-order valence-electron chi connectivity index (χ0n) is 18.1. The molecular formula is C21H31N6O3+. The smallest absolute Gasteiger partial charge is 0.332 e. The molecule has 1 aliphatic heterocycles. The number of rotatable bonds is 4. The summed E-state index contributed by atoms with van der Waals surface area (Å²) >= 11 is 0. The van der Waals surface area contributed by atoms with Crippen LogP contribution in [0.4, 0.5) is 0 Å². The second kappa shape index (κ2) is 7.39. The number of nitrogens with zero attached hydrogens (tertiary/aromatic N) is 5. The Morgan fingerprint density at radius 1 is 1.10 bits per heavy atom. The van der Waals surface area contributed by atoms with E-state index in [1.807, 2.05) is 11.3 Å². The van der Waals surface area contributed by atoms with E-state index in [1.54, 1.807) is 7.05 Å². The summed E-state index contributed by atoms with van der Waals surface area (Å²) in [6.07, 6.45) is 4.73. The van der Waals surface area contributed by atoms with Gasteiger partial charge in [0.1, 0.15) is 13.1 Å². The van der Waals surface area contributed by atoms with Crippen LogP contribution in [0.1, 0.15) is 43.1 Å². The molecular weight excluding hydrogens is 384 g/mol. The van der Waals surface area contributed by atoms with Crippen molar-refractivity contribution in [2.75, 3.05) is 32.8 Å². The highest BCUT2D eigenvalue weighted by Gasteiger charge is 2.27. The van der Waals surface area contributed by atoms with Crippen molar-refractivity contribution in [3.8, 4) is 0 Å². The normalized spacial score (nSPS) is 18.9. The molecule has 9 heteroatoms. The quantitative estimate of drug-likeness (QED) is 0.640. The van der Waals surface area contributed by atoms with Gasteiger partial charge in [0, 0.05) is 24.5 Å². The minimum atomic E-state index is -0.289. The minimum absolute atomic E-state index is 0.236. The Hall–Kier alpha value is -2.39. The molecule has 0 radical (unpaired) electrons. The maximum absolute atomic E-state index is 13.5. The summed E-state index contributed by atoms with van der Waals surface area (Å²) in [5.41, 5.74) is 2.65. The van der Waals surface area contributed by atoms with Crippen LogP contribution in [-0.2, 0) is 18.3 Å². The molecule has 0 bridgehead atoms. The van der Waals surface area contributed by atoms with Crippen LogP contribution in [0, 0.1) is 13.8 Å². The lowest BCUT2D eigenvalue weighted by Crippen LogP contribution is -3.14. The van der Waals surface area contributed by atoms with Crippen molar-refractivity contribution in [3.63, 3.8) is 0 Å². The van der Waals surface area contributed by atoms with Crippen LogP contribution in [0.25, 0.3) is 16.9 Å². The van der Waals surface area contributed by atoms with Crippen molar-refractivity contribution in [1.29, 1.82) is 0 Å². The average molecular weight is 416 g/mol. The van der Waals surface area contributed by atoms with Crippen molar-refractivity contribution in [2.45, 2.75) is 52.1 Å². The number of aryl methyl sites for hydroxylation is 2. The maximum atomic E-state index is 13.5. The molecule has 2 fully saturated rings. The Morgan fingerprint density at radius 3 is 2.50 bits per heavy atom. The molecule has 9 nitrogen and oxygen atoms in total. The van der Waals surface area contributed by atoms with E-state index in [2.05, 4.69) is 11.5 Å². The minimum Gasteiger partial charge on any atom is -0.370 e. The summed E-state index contributed by atoms with van der Waals surface area (Å²) < 4.78 is 12.6. The molecule has 3 aromatic rings. The molecule has 0 spiro atoms. The number of aromatic nitrogens is 5. The van der Waals surface area contributed by atoms with Gasteiger partial charge in [0.2, 0.25) is 5.78 Å². The molecule has 30 heavy (non-hydrogen) atoms. The number of ether oxygens (including phenoxy) is 1. The molecule has 1 N–H and O–H groups in total. The summed E-state index contributed by atoms with van der Waals surface area (Å²) in [6.45, 7) is 8.60. The molecule has 4 heterocycles. The van der Waals surface area contributed by atoms with Gasteiger partial charge in [0.25, 0.3) is 5.56 Å². The van der Waals surface area contributed by atoms with Crippen LogP contribution in [0.5, 0.6) is 0 Å². The fourth-order valence-electron chi connectivity index (χ4n) is 5.25. The van der Waals surface area contributed by atoms with Crippen molar-refractivity contribution in [1.82, 2.24) is 23.1 Å². The Balaban J connectivity index is 1.66. The third-order valence-corrected chi connectivity index (χ3v) is 7.14. The number of fused-ring (bicyclic) bond motifs is 3. The van der Waals surface area contributed by atoms with Gasteiger partial charge in [-0.25, -0.2) is 4.79 Å². The van der Waals surface area contributed by atoms with Gasteiger partial charge in [-0.1, -0.05) is 12.8 Å². The Bertz CT molecular complexity index is 1220. The van der Waals surface area contributed by atoms with Crippen molar-refractivity contribution >= 4 is 16.9 Å². The number of nitrogens with one attached hydrogen (secondary N) is 1. The first-order valence-electron chi connectivity index (χ1n) is 11.1. The van der Waals surface area contributed by atoms with Gasteiger partial charge in [-0.2, -0.15) is 4.98 Å². The molecule has 0 unspecified atom stereocenters. The van der Waals surface area contributed by atoms with Crippen LogP contribution in [0.15, 0.2) is 9.59 Å². The molecule has 0 atom stereocenters. The lowest BCUT2D eigenvalue weighted by atomic mass is 10.2. The number of imidazole rings is 2. The fraction of sp³-hybridized carbons (Fsp3) is 0.667. The molecule has 2 aliphatic rings. The third kappa shape index (κ3) is 2.86. The van der Waals surface area contributed by atoms with Crippen molar-refractivity contribution < 1.29 is 9.64 Å². The monoisotopic (exact) mass is 415 g/mol. The summed E-state index contributed by atoms with van der Waals surface area (Å²) in [7, 11) is 1.72. The largest absolute Gasteiger partial charge is 0.370 e. The first kappa shape index (κ1) is 19.6. The molecule has 162 valence electrons. The van der Waals surface area contributed by atoms with Crippen LogP contribution >= 0.6 is 0 Å². The zero-order chi connectivity index (χ0) is 21.0. The van der Waals surface area contributed by atoms with Gasteiger partial charge in [-0.05, 0) is 26.7 Å². The van der Waals surface area contributed by atoms with E-state index in [-0.39, 0.29) is 11.2 Å². The van der Waals surface area contributed by atoms with Gasteiger partial charge in [0.15, 0.2) is 11.2 Å². The molecule has 1 saturated carbocycles. The zero-order valence-corrected chi connectivity index (χ0v) is 18.1. The highest BCUT2D eigenvalue weighted by atomic mass is 16.5. The van der Waals surface area contributed by atoms with Gasteiger partial charge in [-0.15, -0.1) is 0 Å². The van der Waals surface area contributed by atoms with Crippen LogP contribution in [0.3, 0.4) is 0 Å². The summed E-state index contributed by atoms with van der Waals surface area (Å²) in [5.74, 6) is 0.788. The van der Waals surface area contributed by atoms with E-state index in [0.29, 0.717) is 23.8 Å². The van der Waals surface area contributed by atoms with Crippen LogP contribution in [0.2, 0.25) is 0 Å². The molecule has 5 rings (SSSR count). The molecule has 3 aromatic heterocycles. The second-order valence-corrected chi connectivity index (χ2v) is 8.81. The number of morpholine rings is 1. The average Bonchev–Trinajstić information content (AvgIpc) is 3.45. The van der Waals surface area contributed by atoms with E-state index in [0.717, 1.165) is 62.9 Å². The molecule has 0 amide bonds. The standard InChI is InChI=1S/C21H30N6O3/c1-14-15(2)27-17-18(22-20(27)26(14)16-6-4-5-7-16)23(3)21(29)25(19(17)28)9-8-24-10-12-30-13-11-24/h16H,4-13H2,1-3H3/p+1. The Kier molecular flexibility index (Phi) is 4.82. The van der Waals surface area contributed by atoms with E-state index >= 15 is 0 Å². The highest BCUT2D eigenvalue weighted by molar-refractivity contribution is 5.76. The summed E-state index contributed by atoms with van der Waals surface area (Å²) in [6, 6.07) is 0.419. The van der Waals surface area contributed by atoms with Gasteiger partial charge in [0.05, 0.1) is 26.3 Å². The summed E-state index contributed by atoms with van der Waals surface area (Å²) in [4.78, 5) is 32.7. The first-order valence-corrected chi connectivity index (χ1v) is 11.1. The fourth-order valence-corrected chi connectivity index (χ4v) is 5.25. The summed E-state index contributed by atoms with van der Waals surface area (Å²) in [5, 5.41) is 0. The lowest BCUT2D eigenvalue weighted by molar-refractivity contribution is -0.908. The van der Waals surface area contributed by atoms with E-state index in [4.69, 9.17) is 9.72 Å². The number of quaternary nitrogens is 1. The topological polar surface area (TPSA) is 79.9 Å². The highest BCUT2D eigenvalue weighted by Crippen LogP contribution is 2.34. The van der Waals surface area contributed by atoms with Gasteiger partial charge in [-0.3, -0.25) is 18.3 Å². The molecule has 0 aromatic carbocycles. The predicted octanol–water partition coefficient (Wildman–Crippen LogP) is -0.204. The first-order chi connectivity index (χ1) is 14.5. The molecule has 1 aliphatic carbocycles. The Labute approximate surface area is 174 Å². The van der Waals surface area contributed by atoms with Gasteiger partial charge < -0.3 is 14.2 Å². The Morgan fingerprint density at radius 2 is 1.80 bits per heavy atom. The SMILES string of the molecule is Cc1c(C)n2c3c(=O)n(CC[NH+]4CCOCC4)c(=O)n(C)c3nc2n1C1CCCC1. The van der Waals surface area contributed by atoms with E-state index in [9.17, 15) is 9.59 Å². The van der Waals surface area contributed by atoms with Crippen molar-refractivity contribution in [2.24, 2.45) is 7.05 Å². The predicted molar refractivity (Wildman–Crippen MR) is 114 cm³/mol. The van der Waals surface area contributed by atoms with Crippen molar-refractivity contribution in [3.05, 3.63) is 32.2 Å². The third-order valence-electron chi connectivity index (χ3n) is 7.14. The van der Waals surface area contributed by atoms with E-state index in [1.165, 1.54) is 26.9 Å².